The van der Waals surface area contributed by atoms with Gasteiger partial charge in [-0.1, -0.05) is 46.9 Å². The molecular formula is C28H26N8O2S2. The number of carbonyl (C=O) groups is 2. The largest absolute Gasteiger partial charge is 0.361 e. The fourth-order valence-corrected chi connectivity index (χ4v) is 6.24. The highest BCUT2D eigenvalue weighted by atomic mass is 32.1. The highest BCUT2D eigenvalue weighted by molar-refractivity contribution is 7.15. The van der Waals surface area contributed by atoms with Gasteiger partial charge in [-0.15, -0.1) is 20.4 Å². The third-order valence-corrected chi connectivity index (χ3v) is 8.33. The van der Waals surface area contributed by atoms with Gasteiger partial charge in [-0.3, -0.25) is 9.59 Å². The number of benzene rings is 2. The molecule has 0 atom stereocenters. The van der Waals surface area contributed by atoms with E-state index in [-0.39, 0.29) is 24.7 Å². The van der Waals surface area contributed by atoms with E-state index in [0.717, 1.165) is 68.6 Å². The number of anilines is 2. The lowest BCUT2D eigenvalue weighted by atomic mass is 10.1. The number of amides is 2. The molecule has 0 aliphatic rings. The smallest absolute Gasteiger partial charge is 0.230 e. The van der Waals surface area contributed by atoms with Crippen molar-refractivity contribution >= 4 is 66.6 Å². The second-order valence-corrected chi connectivity index (χ2v) is 11.5. The van der Waals surface area contributed by atoms with Gasteiger partial charge in [0.05, 0.1) is 12.8 Å². The van der Waals surface area contributed by atoms with E-state index in [0.29, 0.717) is 10.3 Å². The molecule has 202 valence electrons. The van der Waals surface area contributed by atoms with Crippen LogP contribution in [-0.4, -0.2) is 42.2 Å². The van der Waals surface area contributed by atoms with Crippen LogP contribution in [0.3, 0.4) is 0 Å². The zero-order chi connectivity index (χ0) is 27.3. The van der Waals surface area contributed by atoms with Gasteiger partial charge in [0, 0.05) is 47.0 Å². The average molecular weight is 571 g/mol. The van der Waals surface area contributed by atoms with Crippen LogP contribution in [0.25, 0.3) is 21.8 Å². The van der Waals surface area contributed by atoms with E-state index in [1.54, 1.807) is 0 Å². The summed E-state index contributed by atoms with van der Waals surface area (Å²) in [5, 5.41) is 27.3. The molecule has 10 nitrogen and oxygen atoms in total. The highest BCUT2D eigenvalue weighted by Crippen LogP contribution is 2.23. The maximum Gasteiger partial charge on any atom is 0.230 e. The first-order valence-electron chi connectivity index (χ1n) is 12.9. The van der Waals surface area contributed by atoms with E-state index in [1.165, 1.54) is 22.7 Å². The third kappa shape index (κ3) is 6.08. The minimum atomic E-state index is -0.114. The lowest BCUT2D eigenvalue weighted by Gasteiger charge is -2.03. The lowest BCUT2D eigenvalue weighted by molar-refractivity contribution is -0.116. The summed E-state index contributed by atoms with van der Waals surface area (Å²) in [7, 11) is 0. The Balaban J connectivity index is 0.928. The molecule has 0 spiro atoms. The Bertz CT molecular complexity index is 1650. The molecule has 2 amide bonds. The van der Waals surface area contributed by atoms with E-state index in [1.807, 2.05) is 60.9 Å². The summed E-state index contributed by atoms with van der Waals surface area (Å²) in [4.78, 5) is 31.4. The molecule has 0 radical (unpaired) electrons. The minimum Gasteiger partial charge on any atom is -0.361 e. The van der Waals surface area contributed by atoms with Crippen molar-refractivity contribution in [1.82, 2.24) is 30.4 Å². The number of unbranched alkanes of at least 4 members (excludes halogenated alkanes) is 1. The first-order chi connectivity index (χ1) is 19.6. The van der Waals surface area contributed by atoms with Crippen molar-refractivity contribution in [2.24, 2.45) is 0 Å². The molecular weight excluding hydrogens is 544 g/mol. The van der Waals surface area contributed by atoms with Crippen LogP contribution in [0.5, 0.6) is 0 Å². The first kappa shape index (κ1) is 25.8. The minimum absolute atomic E-state index is 0.114. The van der Waals surface area contributed by atoms with E-state index >= 15 is 0 Å². The fraction of sp³-hybridized carbons (Fsp3) is 0.214. The maximum absolute atomic E-state index is 12.6. The van der Waals surface area contributed by atoms with E-state index in [4.69, 9.17) is 0 Å². The Labute approximate surface area is 237 Å². The zero-order valence-electron chi connectivity index (χ0n) is 21.4. The lowest BCUT2D eigenvalue weighted by Crippen LogP contribution is -2.14. The van der Waals surface area contributed by atoms with Crippen LogP contribution in [0.2, 0.25) is 0 Å². The summed E-state index contributed by atoms with van der Waals surface area (Å²) in [6.45, 7) is 0. The molecule has 0 fully saturated rings. The molecule has 12 heteroatoms. The van der Waals surface area contributed by atoms with Crippen molar-refractivity contribution in [3.05, 3.63) is 82.1 Å². The standard InChI is InChI=1S/C28H26N8O2S2/c37-23(15-17-5-3-7-21-19(17)11-13-29-21)31-27-35-33-25(39-27)9-1-2-10-26-34-36-28(40-26)32-24(38)16-18-6-4-8-22-20(18)12-14-30-22/h3-8,11-14,29-30H,1-2,9-10,15-16H2,(H,31,35,37)(H,32,36,38). The SMILES string of the molecule is O=C(Cc1cccc2[nH]ccc12)Nc1nnc(CCCCc2nnc(NC(=O)Cc3cccc4[nH]ccc34)s2)s1. The molecule has 4 heterocycles. The van der Waals surface area contributed by atoms with E-state index in [2.05, 4.69) is 41.0 Å². The number of hydrogen-bond donors (Lipinski definition) is 4. The Morgan fingerprint density at radius 1 is 0.650 bits per heavy atom. The van der Waals surface area contributed by atoms with Gasteiger partial charge in [0.25, 0.3) is 0 Å². The molecule has 6 rings (SSSR count). The summed E-state index contributed by atoms with van der Waals surface area (Å²) >= 11 is 2.80. The Hall–Kier alpha value is -4.42. The summed E-state index contributed by atoms with van der Waals surface area (Å²) in [6, 6.07) is 15.7. The normalized spacial score (nSPS) is 11.3. The van der Waals surface area contributed by atoms with Crippen LogP contribution in [0.1, 0.15) is 34.0 Å². The zero-order valence-corrected chi connectivity index (χ0v) is 23.1. The summed E-state index contributed by atoms with van der Waals surface area (Å²) in [5.41, 5.74) is 3.96. The van der Waals surface area contributed by atoms with Crippen molar-refractivity contribution < 1.29 is 9.59 Å². The van der Waals surface area contributed by atoms with Gasteiger partial charge in [0.2, 0.25) is 22.1 Å². The summed E-state index contributed by atoms with van der Waals surface area (Å²) < 4.78 is 0. The maximum atomic E-state index is 12.6. The molecule has 0 saturated carbocycles. The average Bonchev–Trinajstić information content (AvgIpc) is 3.75. The van der Waals surface area contributed by atoms with Gasteiger partial charge < -0.3 is 20.6 Å². The molecule has 0 saturated heterocycles. The van der Waals surface area contributed by atoms with Crippen molar-refractivity contribution in [3.8, 4) is 0 Å². The molecule has 4 aromatic heterocycles. The number of nitrogens with one attached hydrogen (secondary N) is 4. The second-order valence-electron chi connectivity index (χ2n) is 9.37. The number of aromatic nitrogens is 6. The first-order valence-corrected chi connectivity index (χ1v) is 14.6. The van der Waals surface area contributed by atoms with Crippen LogP contribution < -0.4 is 10.6 Å². The Kier molecular flexibility index (Phi) is 7.60. The quantitative estimate of drug-likeness (QED) is 0.156. The number of aryl methyl sites for hydroxylation is 2. The molecule has 6 aromatic rings. The molecule has 40 heavy (non-hydrogen) atoms. The summed E-state index contributed by atoms with van der Waals surface area (Å²) in [6.07, 6.45) is 7.64. The fourth-order valence-electron chi connectivity index (χ4n) is 4.64. The predicted octanol–water partition coefficient (Wildman–Crippen LogP) is 5.28. The monoisotopic (exact) mass is 570 g/mol. The molecule has 0 bridgehead atoms. The van der Waals surface area contributed by atoms with Gasteiger partial charge in [0.15, 0.2) is 0 Å². The molecule has 2 aromatic carbocycles. The Morgan fingerprint density at radius 3 is 1.60 bits per heavy atom. The van der Waals surface area contributed by atoms with E-state index < -0.39 is 0 Å². The number of fused-ring (bicyclic) bond motifs is 2. The topological polar surface area (TPSA) is 141 Å². The van der Waals surface area contributed by atoms with Gasteiger partial charge in [-0.05, 0) is 48.2 Å². The van der Waals surface area contributed by atoms with Crippen LogP contribution >= 0.6 is 22.7 Å². The van der Waals surface area contributed by atoms with Crippen LogP contribution in [-0.2, 0) is 35.3 Å². The van der Waals surface area contributed by atoms with Crippen molar-refractivity contribution in [3.63, 3.8) is 0 Å². The molecule has 0 aliphatic heterocycles. The molecule has 0 unspecified atom stereocenters. The molecule has 4 N–H and O–H groups in total. The summed E-state index contributed by atoms with van der Waals surface area (Å²) in [5.74, 6) is -0.228. The highest BCUT2D eigenvalue weighted by Gasteiger charge is 2.13. The van der Waals surface area contributed by atoms with Gasteiger partial charge in [-0.2, -0.15) is 0 Å². The molecule has 0 aliphatic carbocycles. The number of H-pyrrole nitrogens is 2. The van der Waals surface area contributed by atoms with E-state index in [9.17, 15) is 9.59 Å². The predicted molar refractivity (Wildman–Crippen MR) is 158 cm³/mol. The number of rotatable bonds is 11. The Morgan fingerprint density at radius 2 is 1.12 bits per heavy atom. The number of carbonyl (C=O) groups excluding carboxylic acids is 2. The van der Waals surface area contributed by atoms with Crippen molar-refractivity contribution in [1.29, 1.82) is 0 Å². The van der Waals surface area contributed by atoms with Crippen LogP contribution in [0.4, 0.5) is 10.3 Å². The van der Waals surface area contributed by atoms with Gasteiger partial charge in [0.1, 0.15) is 10.0 Å². The van der Waals surface area contributed by atoms with Crippen LogP contribution in [0.15, 0.2) is 60.9 Å². The van der Waals surface area contributed by atoms with Crippen molar-refractivity contribution in [2.45, 2.75) is 38.5 Å². The second kappa shape index (κ2) is 11.8. The number of hydrogen-bond acceptors (Lipinski definition) is 8. The number of nitrogens with zero attached hydrogens (tertiary/aromatic N) is 4. The third-order valence-electron chi connectivity index (χ3n) is 6.53. The van der Waals surface area contributed by atoms with Gasteiger partial charge >= 0.3 is 0 Å². The number of aromatic amines is 2. The van der Waals surface area contributed by atoms with Crippen molar-refractivity contribution in [2.75, 3.05) is 10.6 Å². The van der Waals surface area contributed by atoms with Crippen LogP contribution in [0, 0.1) is 0 Å². The van der Waals surface area contributed by atoms with Gasteiger partial charge in [-0.25, -0.2) is 0 Å².